The highest BCUT2D eigenvalue weighted by molar-refractivity contribution is 9.10. The average molecular weight is 358 g/mol. The molecular weight excluding hydrogens is 334 g/mol. The molecule has 21 heavy (non-hydrogen) atoms. The zero-order valence-corrected chi connectivity index (χ0v) is 14.5. The number of ether oxygens (including phenoxy) is 2. The number of hydrogen-bond donors (Lipinski definition) is 1. The van der Waals surface area contributed by atoms with Crippen LogP contribution < -0.4 is 10.1 Å². The fourth-order valence-corrected chi connectivity index (χ4v) is 2.18. The predicted molar refractivity (Wildman–Crippen MR) is 87.9 cm³/mol. The van der Waals surface area contributed by atoms with E-state index in [1.807, 2.05) is 6.07 Å². The van der Waals surface area contributed by atoms with E-state index in [1.165, 1.54) is 0 Å². The summed E-state index contributed by atoms with van der Waals surface area (Å²) in [6.45, 7) is 6.26. The Labute approximate surface area is 135 Å². The van der Waals surface area contributed by atoms with Crippen molar-refractivity contribution in [3.63, 3.8) is 0 Å². The Morgan fingerprint density at radius 2 is 2.10 bits per heavy atom. The van der Waals surface area contributed by atoms with Gasteiger partial charge in [0.05, 0.1) is 11.1 Å². The highest BCUT2D eigenvalue weighted by Gasteiger charge is 2.09. The molecule has 1 rings (SSSR count). The largest absolute Gasteiger partial charge is 0.492 e. The van der Waals surface area contributed by atoms with Crippen LogP contribution >= 0.6 is 15.9 Å². The van der Waals surface area contributed by atoms with E-state index in [9.17, 15) is 4.79 Å². The maximum absolute atomic E-state index is 12.0. The molecule has 0 aliphatic carbocycles. The minimum absolute atomic E-state index is 0.0828. The highest BCUT2D eigenvalue weighted by Crippen LogP contribution is 2.26. The molecule has 118 valence electrons. The number of carbonyl (C=O) groups excluding carboxylic acids is 1. The lowest BCUT2D eigenvalue weighted by Crippen LogP contribution is -2.25. The fraction of sp³-hybridized carbons (Fsp3) is 0.562. The molecule has 0 saturated heterocycles. The summed E-state index contributed by atoms with van der Waals surface area (Å²) in [4.78, 5) is 12.0. The van der Waals surface area contributed by atoms with Crippen molar-refractivity contribution in [2.24, 2.45) is 5.92 Å². The molecule has 0 heterocycles. The lowest BCUT2D eigenvalue weighted by molar-refractivity contribution is 0.0948. The molecule has 1 N–H and O–H groups in total. The molecule has 0 unspecified atom stereocenters. The van der Waals surface area contributed by atoms with Gasteiger partial charge in [-0.2, -0.15) is 0 Å². The maximum atomic E-state index is 12.0. The first-order chi connectivity index (χ1) is 10.0. The number of nitrogens with one attached hydrogen (secondary N) is 1. The molecule has 0 aliphatic heterocycles. The summed E-state index contributed by atoms with van der Waals surface area (Å²) in [5.41, 5.74) is 0.621. The monoisotopic (exact) mass is 357 g/mol. The van der Waals surface area contributed by atoms with Gasteiger partial charge in [0.2, 0.25) is 0 Å². The van der Waals surface area contributed by atoms with Crippen LogP contribution in [0.15, 0.2) is 22.7 Å². The van der Waals surface area contributed by atoms with Gasteiger partial charge < -0.3 is 14.8 Å². The minimum atomic E-state index is -0.0828. The van der Waals surface area contributed by atoms with E-state index >= 15 is 0 Å². The molecule has 0 aromatic heterocycles. The molecule has 1 amide bonds. The summed E-state index contributed by atoms with van der Waals surface area (Å²) in [5.74, 6) is 1.30. The lowest BCUT2D eigenvalue weighted by atomic mass is 10.1. The zero-order valence-electron chi connectivity index (χ0n) is 12.9. The second-order valence-corrected chi connectivity index (χ2v) is 6.13. The van der Waals surface area contributed by atoms with Gasteiger partial charge in [-0.1, -0.05) is 13.8 Å². The second-order valence-electron chi connectivity index (χ2n) is 5.28. The van der Waals surface area contributed by atoms with Gasteiger partial charge in [0.15, 0.2) is 0 Å². The summed E-state index contributed by atoms with van der Waals surface area (Å²) < 4.78 is 11.4. The van der Waals surface area contributed by atoms with Crippen LogP contribution in [0.5, 0.6) is 5.75 Å². The molecule has 1 aromatic rings. The number of hydrogen-bond acceptors (Lipinski definition) is 3. The van der Waals surface area contributed by atoms with Crippen LogP contribution in [-0.4, -0.2) is 32.8 Å². The second kappa shape index (κ2) is 9.79. The molecule has 1 aromatic carbocycles. The van der Waals surface area contributed by atoms with Crippen LogP contribution in [0.3, 0.4) is 0 Å². The molecule has 0 atom stereocenters. The van der Waals surface area contributed by atoms with Gasteiger partial charge in [0.25, 0.3) is 5.91 Å². The number of amides is 1. The third-order valence-corrected chi connectivity index (χ3v) is 3.58. The van der Waals surface area contributed by atoms with Crippen molar-refractivity contribution in [3.05, 3.63) is 28.2 Å². The molecular formula is C16H24BrNO3. The Balaban J connectivity index is 2.50. The minimum Gasteiger partial charge on any atom is -0.492 e. The summed E-state index contributed by atoms with van der Waals surface area (Å²) in [5, 5.41) is 2.86. The summed E-state index contributed by atoms with van der Waals surface area (Å²) in [6.07, 6.45) is 1.81. The van der Waals surface area contributed by atoms with Crippen LogP contribution in [0.4, 0.5) is 0 Å². The van der Waals surface area contributed by atoms with Gasteiger partial charge in [-0.15, -0.1) is 0 Å². The van der Waals surface area contributed by atoms with Crippen molar-refractivity contribution < 1.29 is 14.3 Å². The number of carbonyl (C=O) groups is 1. The van der Waals surface area contributed by atoms with E-state index in [4.69, 9.17) is 9.47 Å². The number of rotatable bonds is 9. The van der Waals surface area contributed by atoms with E-state index in [-0.39, 0.29) is 5.91 Å². The third-order valence-electron chi connectivity index (χ3n) is 2.96. The molecule has 0 aliphatic rings. The van der Waals surface area contributed by atoms with E-state index in [0.717, 1.165) is 23.1 Å². The van der Waals surface area contributed by atoms with Crippen molar-refractivity contribution in [2.45, 2.75) is 26.7 Å². The quantitative estimate of drug-likeness (QED) is 0.686. The van der Waals surface area contributed by atoms with E-state index in [2.05, 4.69) is 35.1 Å². The Kier molecular flexibility index (Phi) is 8.38. The summed E-state index contributed by atoms with van der Waals surface area (Å²) >= 11 is 3.45. The van der Waals surface area contributed by atoms with Gasteiger partial charge >= 0.3 is 0 Å². The topological polar surface area (TPSA) is 47.6 Å². The van der Waals surface area contributed by atoms with Gasteiger partial charge in [0, 0.05) is 25.8 Å². The SMILES string of the molecule is COCCCNC(=O)c1ccc(OCCC(C)C)c(Br)c1. The van der Waals surface area contributed by atoms with Crippen molar-refractivity contribution in [2.75, 3.05) is 26.9 Å². The number of halogens is 1. The first kappa shape index (κ1) is 18.0. The van der Waals surface area contributed by atoms with Crippen LogP contribution in [0.2, 0.25) is 0 Å². The molecule has 5 heteroatoms. The first-order valence-electron chi connectivity index (χ1n) is 7.24. The highest BCUT2D eigenvalue weighted by atomic mass is 79.9. The molecule has 0 fully saturated rings. The first-order valence-corrected chi connectivity index (χ1v) is 8.03. The fourth-order valence-electron chi connectivity index (χ4n) is 1.68. The Hall–Kier alpha value is -1.07. The number of benzene rings is 1. The van der Waals surface area contributed by atoms with Gasteiger partial charge in [-0.05, 0) is 52.9 Å². The van der Waals surface area contributed by atoms with Gasteiger partial charge in [-0.25, -0.2) is 0 Å². The number of methoxy groups -OCH3 is 1. The normalized spacial score (nSPS) is 10.7. The van der Waals surface area contributed by atoms with E-state index in [1.54, 1.807) is 19.2 Å². The van der Waals surface area contributed by atoms with Gasteiger partial charge in [0.1, 0.15) is 5.75 Å². The molecule has 0 saturated carbocycles. The van der Waals surface area contributed by atoms with Crippen molar-refractivity contribution in [1.82, 2.24) is 5.32 Å². The average Bonchev–Trinajstić information content (AvgIpc) is 2.44. The zero-order chi connectivity index (χ0) is 15.7. The molecule has 0 radical (unpaired) electrons. The van der Waals surface area contributed by atoms with Crippen LogP contribution in [0, 0.1) is 5.92 Å². The van der Waals surface area contributed by atoms with E-state index < -0.39 is 0 Å². The standard InChI is InChI=1S/C16H24BrNO3/c1-12(2)7-10-21-15-6-5-13(11-14(15)17)16(19)18-8-4-9-20-3/h5-6,11-12H,4,7-10H2,1-3H3,(H,18,19). The Bertz CT molecular complexity index is 449. The Morgan fingerprint density at radius 3 is 2.71 bits per heavy atom. The van der Waals surface area contributed by atoms with Gasteiger partial charge in [-0.3, -0.25) is 4.79 Å². The lowest BCUT2D eigenvalue weighted by Gasteiger charge is -2.11. The maximum Gasteiger partial charge on any atom is 0.251 e. The molecule has 0 spiro atoms. The summed E-state index contributed by atoms with van der Waals surface area (Å²) in [7, 11) is 1.65. The van der Waals surface area contributed by atoms with Crippen LogP contribution in [0.25, 0.3) is 0 Å². The summed E-state index contributed by atoms with van der Waals surface area (Å²) in [6, 6.07) is 5.39. The van der Waals surface area contributed by atoms with Crippen LogP contribution in [0.1, 0.15) is 37.0 Å². The smallest absolute Gasteiger partial charge is 0.251 e. The molecule has 4 nitrogen and oxygen atoms in total. The van der Waals surface area contributed by atoms with Crippen molar-refractivity contribution in [1.29, 1.82) is 0 Å². The predicted octanol–water partition coefficient (Wildman–Crippen LogP) is 3.64. The Morgan fingerprint density at radius 1 is 1.33 bits per heavy atom. The third kappa shape index (κ3) is 6.96. The van der Waals surface area contributed by atoms with Crippen molar-refractivity contribution >= 4 is 21.8 Å². The van der Waals surface area contributed by atoms with E-state index in [0.29, 0.717) is 31.2 Å². The van der Waals surface area contributed by atoms with Crippen LogP contribution in [-0.2, 0) is 4.74 Å². The van der Waals surface area contributed by atoms with Crippen molar-refractivity contribution in [3.8, 4) is 5.75 Å². The molecule has 0 bridgehead atoms.